The Labute approximate surface area is 160 Å². The van der Waals surface area contributed by atoms with Gasteiger partial charge in [0.2, 0.25) is 6.33 Å². The number of aromatic nitrogens is 2. The maximum atomic E-state index is 11.6. The molecule has 3 aromatic rings. The van der Waals surface area contributed by atoms with Crippen LogP contribution in [0.4, 0.5) is 0 Å². The van der Waals surface area contributed by atoms with Gasteiger partial charge in [0.25, 0.3) is 0 Å². The molecule has 0 saturated heterocycles. The Kier molecular flexibility index (Phi) is 8.11. The van der Waals surface area contributed by atoms with Gasteiger partial charge in [-0.05, 0) is 30.7 Å². The molecule has 0 amide bonds. The van der Waals surface area contributed by atoms with E-state index in [1.807, 2.05) is 7.05 Å². The molecular formula is C20H25N2O4P. The second kappa shape index (κ2) is 10.6. The Hall–Kier alpha value is -2.56. The van der Waals surface area contributed by atoms with Crippen LogP contribution in [0, 0.1) is 0 Å². The van der Waals surface area contributed by atoms with Crippen LogP contribution in [0.2, 0.25) is 0 Å². The highest BCUT2D eigenvalue weighted by Crippen LogP contribution is 2.40. The smallest absolute Gasteiger partial charge is 0.372 e. The number of imidazole rings is 1. The van der Waals surface area contributed by atoms with Gasteiger partial charge in [0.15, 0.2) is 0 Å². The number of hydrogen-bond donors (Lipinski definition) is 0. The number of phosphoric ester groups is 1. The Morgan fingerprint density at radius 3 is 1.93 bits per heavy atom. The van der Waals surface area contributed by atoms with Crippen LogP contribution in [-0.4, -0.2) is 4.57 Å². The van der Waals surface area contributed by atoms with Crippen LogP contribution in [0.3, 0.4) is 0 Å². The third kappa shape index (κ3) is 8.11. The first-order valence-electron chi connectivity index (χ1n) is 8.80. The Balaban J connectivity index is 0.000000223. The van der Waals surface area contributed by atoms with Gasteiger partial charge in [-0.15, -0.1) is 0 Å². The van der Waals surface area contributed by atoms with Gasteiger partial charge in [-0.2, -0.15) is 0 Å². The van der Waals surface area contributed by atoms with E-state index in [-0.39, 0.29) is 11.5 Å². The number of phosphoric acid groups is 1. The van der Waals surface area contributed by atoms with Crippen molar-refractivity contribution in [1.29, 1.82) is 0 Å². The number of para-hydroxylation sites is 2. The fourth-order valence-corrected chi connectivity index (χ4v) is 3.01. The summed E-state index contributed by atoms with van der Waals surface area (Å²) in [5.74, 6) is 0.448. The summed E-state index contributed by atoms with van der Waals surface area (Å²) in [6.45, 7) is 3.36. The first-order valence-corrected chi connectivity index (χ1v) is 10.3. The zero-order chi connectivity index (χ0) is 19.5. The first kappa shape index (κ1) is 20.7. The zero-order valence-corrected chi connectivity index (χ0v) is 16.5. The molecule has 0 aliphatic heterocycles. The lowest BCUT2D eigenvalue weighted by molar-refractivity contribution is -0.671. The van der Waals surface area contributed by atoms with Gasteiger partial charge in [-0.1, -0.05) is 49.7 Å². The van der Waals surface area contributed by atoms with E-state index in [9.17, 15) is 9.46 Å². The minimum absolute atomic E-state index is 0.224. The van der Waals surface area contributed by atoms with Crippen molar-refractivity contribution in [2.75, 3.05) is 0 Å². The number of unbranched alkanes of at least 4 members (excludes halogenated alkanes) is 1. The summed E-state index contributed by atoms with van der Waals surface area (Å²) >= 11 is 0. The van der Waals surface area contributed by atoms with Crippen molar-refractivity contribution in [3.05, 3.63) is 79.4 Å². The van der Waals surface area contributed by atoms with Crippen LogP contribution < -0.4 is 18.5 Å². The van der Waals surface area contributed by atoms with Crippen LogP contribution in [0.1, 0.15) is 19.8 Å². The molecule has 0 radical (unpaired) electrons. The zero-order valence-electron chi connectivity index (χ0n) is 15.6. The van der Waals surface area contributed by atoms with Gasteiger partial charge in [-0.25, -0.2) is 13.7 Å². The average Bonchev–Trinajstić information content (AvgIpc) is 3.07. The summed E-state index contributed by atoms with van der Waals surface area (Å²) in [6, 6.07) is 16.4. The minimum atomic E-state index is -4.39. The lowest BCUT2D eigenvalue weighted by Gasteiger charge is -2.23. The van der Waals surface area contributed by atoms with E-state index in [0.717, 1.165) is 6.54 Å². The molecule has 144 valence electrons. The molecule has 0 N–H and O–H groups in total. The topological polar surface area (TPSA) is 67.4 Å². The summed E-state index contributed by atoms with van der Waals surface area (Å²) in [5, 5.41) is 0. The number of aryl methyl sites for hydroxylation is 2. The molecule has 0 aliphatic rings. The lowest BCUT2D eigenvalue weighted by atomic mass is 10.3. The molecule has 1 heterocycles. The van der Waals surface area contributed by atoms with Crippen molar-refractivity contribution in [2.24, 2.45) is 7.05 Å². The quantitative estimate of drug-likeness (QED) is 0.457. The number of nitrogens with zero attached hydrogens (tertiary/aromatic N) is 2. The van der Waals surface area contributed by atoms with E-state index in [0.29, 0.717) is 0 Å². The number of rotatable bonds is 7. The van der Waals surface area contributed by atoms with Crippen LogP contribution in [-0.2, 0) is 18.2 Å². The maximum Gasteiger partial charge on any atom is 0.372 e. The summed E-state index contributed by atoms with van der Waals surface area (Å²) in [7, 11) is -2.34. The summed E-state index contributed by atoms with van der Waals surface area (Å²) in [5.41, 5.74) is 0. The maximum absolute atomic E-state index is 11.6. The van der Waals surface area contributed by atoms with Crippen molar-refractivity contribution in [2.45, 2.75) is 26.3 Å². The fourth-order valence-electron chi connectivity index (χ4n) is 2.21. The molecule has 6 nitrogen and oxygen atoms in total. The third-order valence-corrected chi connectivity index (χ3v) is 4.38. The number of hydrogen-bond acceptors (Lipinski definition) is 4. The standard InChI is InChI=1S/C12H11O4P.C8H15N2/c13-17(14,15-11-7-3-1-4-8-11)16-12-9-5-2-6-10-12;1-3-4-5-10-7-6-9(2)8-10/h1-10H,(H,13,14);6-8H,3-5H2,1-2H3/q;+1/p-1. The summed E-state index contributed by atoms with van der Waals surface area (Å²) in [4.78, 5) is 11.6. The average molecular weight is 388 g/mol. The largest absolute Gasteiger partial charge is 0.736 e. The van der Waals surface area contributed by atoms with Crippen LogP contribution in [0.15, 0.2) is 79.4 Å². The highest BCUT2D eigenvalue weighted by molar-refractivity contribution is 7.46. The molecule has 2 aromatic carbocycles. The summed E-state index contributed by atoms with van der Waals surface area (Å²) < 4.78 is 25.4. The molecule has 3 rings (SSSR count). The molecule has 0 aliphatic carbocycles. The van der Waals surface area contributed by atoms with Crippen molar-refractivity contribution < 1.29 is 23.1 Å². The first-order chi connectivity index (χ1) is 13.0. The molecule has 0 unspecified atom stereocenters. The van der Waals surface area contributed by atoms with Crippen LogP contribution >= 0.6 is 7.82 Å². The van der Waals surface area contributed by atoms with Gasteiger partial charge in [0.05, 0.1) is 13.6 Å². The van der Waals surface area contributed by atoms with Crippen molar-refractivity contribution in [1.82, 2.24) is 4.57 Å². The van der Waals surface area contributed by atoms with E-state index >= 15 is 0 Å². The van der Waals surface area contributed by atoms with Gasteiger partial charge >= 0.3 is 7.82 Å². The molecule has 0 saturated carbocycles. The molecule has 0 spiro atoms. The van der Waals surface area contributed by atoms with Gasteiger partial charge < -0.3 is 13.9 Å². The second-order valence-corrected chi connectivity index (χ2v) is 7.19. The van der Waals surface area contributed by atoms with E-state index in [4.69, 9.17) is 9.05 Å². The molecule has 1 aromatic heterocycles. The van der Waals surface area contributed by atoms with Gasteiger partial charge in [-0.3, -0.25) is 0 Å². The van der Waals surface area contributed by atoms with E-state index in [1.165, 1.54) is 12.8 Å². The SMILES string of the molecule is CCCCn1cc[n+](C)c1.O=P([O-])(Oc1ccccc1)Oc1ccccc1. The molecule has 7 heteroatoms. The molecule has 0 atom stereocenters. The van der Waals surface area contributed by atoms with Crippen LogP contribution in [0.5, 0.6) is 11.5 Å². The predicted molar refractivity (Wildman–Crippen MR) is 102 cm³/mol. The third-order valence-electron chi connectivity index (χ3n) is 3.51. The predicted octanol–water partition coefficient (Wildman–Crippen LogP) is 3.73. The van der Waals surface area contributed by atoms with E-state index in [1.54, 1.807) is 60.7 Å². The lowest BCUT2D eigenvalue weighted by Crippen LogP contribution is -2.23. The van der Waals surface area contributed by atoms with Crippen molar-refractivity contribution >= 4 is 7.82 Å². The van der Waals surface area contributed by atoms with E-state index in [2.05, 4.69) is 34.8 Å². The number of benzene rings is 2. The second-order valence-electron chi connectivity index (χ2n) is 5.93. The highest BCUT2D eigenvalue weighted by Gasteiger charge is 2.12. The molecular weight excluding hydrogens is 363 g/mol. The Bertz CT molecular complexity index is 792. The fraction of sp³-hybridized carbons (Fsp3) is 0.250. The van der Waals surface area contributed by atoms with Crippen molar-refractivity contribution in [3.8, 4) is 11.5 Å². The molecule has 0 fully saturated rings. The van der Waals surface area contributed by atoms with Gasteiger partial charge in [0, 0.05) is 0 Å². The molecule has 0 bridgehead atoms. The monoisotopic (exact) mass is 388 g/mol. The van der Waals surface area contributed by atoms with Crippen LogP contribution in [0.25, 0.3) is 0 Å². The van der Waals surface area contributed by atoms with Crippen molar-refractivity contribution in [3.63, 3.8) is 0 Å². The minimum Gasteiger partial charge on any atom is -0.736 e. The Morgan fingerprint density at radius 1 is 1.00 bits per heavy atom. The van der Waals surface area contributed by atoms with E-state index < -0.39 is 7.82 Å². The molecule has 27 heavy (non-hydrogen) atoms. The highest BCUT2D eigenvalue weighted by atomic mass is 31.2. The summed E-state index contributed by atoms with van der Waals surface area (Å²) in [6.07, 6.45) is 8.82. The van der Waals surface area contributed by atoms with Gasteiger partial charge in [0.1, 0.15) is 23.9 Å². The normalized spacial score (nSPS) is 10.6. The Morgan fingerprint density at radius 2 is 1.52 bits per heavy atom.